The van der Waals surface area contributed by atoms with Crippen molar-refractivity contribution in [3.05, 3.63) is 65.2 Å². The normalized spacial score (nSPS) is 12.9. The molecule has 1 aliphatic heterocycles. The number of rotatable bonds is 4. The van der Waals surface area contributed by atoms with Crippen molar-refractivity contribution in [2.45, 2.75) is 5.03 Å². The summed E-state index contributed by atoms with van der Waals surface area (Å²) in [7, 11) is 0. The van der Waals surface area contributed by atoms with Gasteiger partial charge < -0.3 is 14.0 Å². The molecule has 0 unspecified atom stereocenters. The SMILES string of the molecule is CSc1nn(-c2cc(Cl)cc(Cl)c2)c(-c2ccc3c(c2)OCCO3)c1-n1ccnc1. The Morgan fingerprint density at radius 1 is 1.00 bits per heavy atom. The number of halogens is 2. The highest BCUT2D eigenvalue weighted by Crippen LogP contribution is 2.40. The van der Waals surface area contributed by atoms with E-state index in [2.05, 4.69) is 4.98 Å². The van der Waals surface area contributed by atoms with Crippen LogP contribution in [0.5, 0.6) is 11.5 Å². The zero-order valence-electron chi connectivity index (χ0n) is 15.9. The summed E-state index contributed by atoms with van der Waals surface area (Å²) in [6.07, 6.45) is 7.39. The van der Waals surface area contributed by atoms with Gasteiger partial charge >= 0.3 is 0 Å². The van der Waals surface area contributed by atoms with Crippen LogP contribution in [-0.2, 0) is 0 Å². The van der Waals surface area contributed by atoms with Gasteiger partial charge in [0.15, 0.2) is 11.5 Å². The van der Waals surface area contributed by atoms with Gasteiger partial charge in [0.1, 0.15) is 23.9 Å². The highest BCUT2D eigenvalue weighted by molar-refractivity contribution is 7.98. The smallest absolute Gasteiger partial charge is 0.162 e. The van der Waals surface area contributed by atoms with E-state index in [9.17, 15) is 0 Å². The lowest BCUT2D eigenvalue weighted by atomic mass is 10.1. The molecule has 3 heterocycles. The Hall–Kier alpha value is -2.61. The lowest BCUT2D eigenvalue weighted by molar-refractivity contribution is 0.171. The molecule has 0 amide bonds. The molecule has 5 rings (SSSR count). The summed E-state index contributed by atoms with van der Waals surface area (Å²) in [4.78, 5) is 4.22. The number of ether oxygens (including phenoxy) is 2. The standard InChI is InChI=1S/C21H16Cl2N4O2S/c1-30-21-20(26-5-4-24-12-26)19(13-2-3-17-18(8-13)29-7-6-28-17)27(25-21)16-10-14(22)9-15(23)11-16/h2-5,8-12H,6-7H2,1H3. The van der Waals surface area contributed by atoms with Crippen LogP contribution in [0.1, 0.15) is 0 Å². The molecule has 0 N–H and O–H groups in total. The van der Waals surface area contributed by atoms with Gasteiger partial charge in [-0.2, -0.15) is 5.10 Å². The van der Waals surface area contributed by atoms with Crippen molar-refractivity contribution < 1.29 is 9.47 Å². The van der Waals surface area contributed by atoms with E-state index in [0.29, 0.717) is 29.0 Å². The Labute approximate surface area is 187 Å². The van der Waals surface area contributed by atoms with Gasteiger partial charge in [0.2, 0.25) is 0 Å². The summed E-state index contributed by atoms with van der Waals surface area (Å²) >= 11 is 14.1. The molecule has 0 saturated heterocycles. The third-order valence-corrected chi connectivity index (χ3v) is 5.79. The summed E-state index contributed by atoms with van der Waals surface area (Å²) < 4.78 is 15.3. The largest absolute Gasteiger partial charge is 0.486 e. The van der Waals surface area contributed by atoms with Crippen molar-refractivity contribution in [2.75, 3.05) is 19.5 Å². The van der Waals surface area contributed by atoms with Crippen LogP contribution >= 0.6 is 35.0 Å². The molecule has 30 heavy (non-hydrogen) atoms. The first kappa shape index (κ1) is 19.4. The summed E-state index contributed by atoms with van der Waals surface area (Å²) in [6.45, 7) is 1.06. The second kappa shape index (κ2) is 7.91. The summed E-state index contributed by atoms with van der Waals surface area (Å²) in [6, 6.07) is 11.3. The average molecular weight is 459 g/mol. The van der Waals surface area contributed by atoms with Gasteiger partial charge in [-0.15, -0.1) is 11.8 Å². The maximum Gasteiger partial charge on any atom is 0.162 e. The topological polar surface area (TPSA) is 54.1 Å². The number of hydrogen-bond acceptors (Lipinski definition) is 5. The average Bonchev–Trinajstić information content (AvgIpc) is 3.40. The predicted molar refractivity (Wildman–Crippen MR) is 119 cm³/mol. The van der Waals surface area contributed by atoms with Crippen molar-refractivity contribution in [2.24, 2.45) is 0 Å². The third-order valence-electron chi connectivity index (χ3n) is 4.69. The Kier molecular flexibility index (Phi) is 5.10. The molecule has 0 radical (unpaired) electrons. The molecular weight excluding hydrogens is 443 g/mol. The van der Waals surface area contributed by atoms with Gasteiger partial charge in [-0.1, -0.05) is 23.2 Å². The van der Waals surface area contributed by atoms with E-state index >= 15 is 0 Å². The molecule has 152 valence electrons. The Morgan fingerprint density at radius 2 is 1.77 bits per heavy atom. The Balaban J connectivity index is 1.80. The van der Waals surface area contributed by atoms with E-state index in [4.69, 9.17) is 37.8 Å². The van der Waals surface area contributed by atoms with Crippen LogP contribution < -0.4 is 9.47 Å². The Bertz CT molecular complexity index is 1200. The maximum absolute atomic E-state index is 6.29. The van der Waals surface area contributed by atoms with Crippen molar-refractivity contribution in [1.29, 1.82) is 0 Å². The van der Waals surface area contributed by atoms with Gasteiger partial charge in [-0.3, -0.25) is 0 Å². The number of imidazole rings is 1. The fourth-order valence-electron chi connectivity index (χ4n) is 3.45. The zero-order chi connectivity index (χ0) is 20.7. The van der Waals surface area contributed by atoms with E-state index in [1.807, 2.05) is 52.0 Å². The molecule has 4 aromatic rings. The fraction of sp³-hybridized carbons (Fsp3) is 0.143. The summed E-state index contributed by atoms with van der Waals surface area (Å²) in [5.41, 5.74) is 3.46. The van der Waals surface area contributed by atoms with Gasteiger partial charge in [-0.25, -0.2) is 9.67 Å². The van der Waals surface area contributed by atoms with E-state index in [1.54, 1.807) is 30.4 Å². The highest BCUT2D eigenvalue weighted by Gasteiger charge is 2.24. The fourth-order valence-corrected chi connectivity index (χ4v) is 4.52. The zero-order valence-corrected chi connectivity index (χ0v) is 18.2. The van der Waals surface area contributed by atoms with Crippen LogP contribution in [0.2, 0.25) is 10.0 Å². The lowest BCUT2D eigenvalue weighted by Gasteiger charge is -2.19. The molecular formula is C21H16Cl2N4O2S. The number of nitrogens with zero attached hydrogens (tertiary/aromatic N) is 4. The number of fused-ring (bicyclic) bond motifs is 1. The predicted octanol–water partition coefficient (Wildman–Crippen LogP) is 5.52. The van der Waals surface area contributed by atoms with Crippen LogP contribution in [0.4, 0.5) is 0 Å². The third kappa shape index (κ3) is 3.43. The van der Waals surface area contributed by atoms with Gasteiger partial charge in [0.25, 0.3) is 0 Å². The molecule has 9 heteroatoms. The second-order valence-corrected chi connectivity index (χ2v) is 8.24. The quantitative estimate of drug-likeness (QED) is 0.376. The van der Waals surface area contributed by atoms with Crippen LogP contribution in [0.15, 0.2) is 60.1 Å². The molecule has 0 aliphatic carbocycles. The van der Waals surface area contributed by atoms with Crippen molar-refractivity contribution in [3.63, 3.8) is 0 Å². The maximum atomic E-state index is 6.29. The first-order chi connectivity index (χ1) is 14.6. The first-order valence-electron chi connectivity index (χ1n) is 9.16. The molecule has 1 aliphatic rings. The van der Waals surface area contributed by atoms with Crippen molar-refractivity contribution >= 4 is 35.0 Å². The molecule has 0 fully saturated rings. The molecule has 2 aromatic carbocycles. The lowest BCUT2D eigenvalue weighted by Crippen LogP contribution is -2.15. The van der Waals surface area contributed by atoms with Crippen LogP contribution in [0.3, 0.4) is 0 Å². The van der Waals surface area contributed by atoms with Gasteiger partial charge in [0, 0.05) is 28.0 Å². The van der Waals surface area contributed by atoms with Gasteiger partial charge in [-0.05, 0) is 42.7 Å². The monoisotopic (exact) mass is 458 g/mol. The van der Waals surface area contributed by atoms with Crippen LogP contribution in [0, 0.1) is 0 Å². The highest BCUT2D eigenvalue weighted by atomic mass is 35.5. The molecule has 0 spiro atoms. The van der Waals surface area contributed by atoms with E-state index in [0.717, 1.165) is 33.4 Å². The number of aromatic nitrogens is 4. The molecule has 0 atom stereocenters. The minimum absolute atomic E-state index is 0.518. The minimum atomic E-state index is 0.518. The number of thioether (sulfide) groups is 1. The molecule has 2 aromatic heterocycles. The van der Waals surface area contributed by atoms with Crippen molar-refractivity contribution in [1.82, 2.24) is 19.3 Å². The van der Waals surface area contributed by atoms with Crippen LogP contribution in [0.25, 0.3) is 22.6 Å². The molecule has 0 bridgehead atoms. The number of hydrogen-bond donors (Lipinski definition) is 0. The van der Waals surface area contributed by atoms with E-state index in [1.165, 1.54) is 0 Å². The number of benzene rings is 2. The first-order valence-corrected chi connectivity index (χ1v) is 11.1. The van der Waals surface area contributed by atoms with Crippen molar-refractivity contribution in [3.8, 4) is 34.1 Å². The van der Waals surface area contributed by atoms with E-state index in [-0.39, 0.29) is 0 Å². The second-order valence-electron chi connectivity index (χ2n) is 6.57. The van der Waals surface area contributed by atoms with E-state index < -0.39 is 0 Å². The molecule has 6 nitrogen and oxygen atoms in total. The summed E-state index contributed by atoms with van der Waals surface area (Å²) in [5.74, 6) is 1.44. The van der Waals surface area contributed by atoms with Crippen LogP contribution in [-0.4, -0.2) is 38.8 Å². The Morgan fingerprint density at radius 3 is 2.47 bits per heavy atom. The minimum Gasteiger partial charge on any atom is -0.486 e. The molecule has 0 saturated carbocycles. The van der Waals surface area contributed by atoms with Gasteiger partial charge in [0.05, 0.1) is 17.7 Å². The summed E-state index contributed by atoms with van der Waals surface area (Å²) in [5, 5.41) is 6.78.